The first-order chi connectivity index (χ1) is 12.6. The minimum Gasteiger partial charge on any atom is -0.496 e. The Morgan fingerprint density at radius 1 is 1.26 bits per heavy atom. The third kappa shape index (κ3) is 4.77. The molecule has 144 valence electrons. The number of benzene rings is 1. The highest BCUT2D eigenvalue weighted by Gasteiger charge is 2.44. The van der Waals surface area contributed by atoms with Crippen molar-refractivity contribution in [1.82, 2.24) is 4.98 Å². The first-order valence-electron chi connectivity index (χ1n) is 8.31. The summed E-state index contributed by atoms with van der Waals surface area (Å²) in [6, 6.07) is 8.55. The van der Waals surface area contributed by atoms with E-state index >= 15 is 0 Å². The maximum absolute atomic E-state index is 13.8. The molecule has 0 aliphatic carbocycles. The Hall–Kier alpha value is -2.59. The number of hydrogen-bond acceptors (Lipinski definition) is 4. The number of halogens is 3. The molecule has 2 rings (SSSR count). The molecule has 0 bridgehead atoms. The van der Waals surface area contributed by atoms with Crippen molar-refractivity contribution in [3.05, 3.63) is 59.2 Å². The topological polar surface area (TPSA) is 66.1 Å². The summed E-state index contributed by atoms with van der Waals surface area (Å²) in [5.74, 6) is -0.166. The largest absolute Gasteiger partial charge is 0.496 e. The first-order valence-corrected chi connectivity index (χ1v) is 8.31. The van der Waals surface area contributed by atoms with Crippen molar-refractivity contribution in [2.45, 2.75) is 44.1 Å². The van der Waals surface area contributed by atoms with E-state index in [1.54, 1.807) is 13.8 Å². The predicted molar refractivity (Wildman–Crippen MR) is 94.2 cm³/mol. The van der Waals surface area contributed by atoms with E-state index in [-0.39, 0.29) is 18.5 Å². The molecule has 1 atom stereocenters. The molecule has 27 heavy (non-hydrogen) atoms. The lowest BCUT2D eigenvalue weighted by Crippen LogP contribution is -2.45. The van der Waals surface area contributed by atoms with Gasteiger partial charge in [-0.1, -0.05) is 13.8 Å². The van der Waals surface area contributed by atoms with Crippen molar-refractivity contribution in [2.75, 3.05) is 7.11 Å². The van der Waals surface area contributed by atoms with Crippen molar-refractivity contribution in [2.24, 2.45) is 0 Å². The number of alkyl halides is 2. The third-order valence-corrected chi connectivity index (χ3v) is 4.49. The minimum absolute atomic E-state index is 0.0789. The number of nitrogens with zero attached hydrogens (tertiary/aromatic N) is 2. The second-order valence-electron chi connectivity index (χ2n) is 7.15. The van der Waals surface area contributed by atoms with Crippen molar-refractivity contribution in [3.63, 3.8) is 0 Å². The molecular weight excluding hydrogens is 357 g/mol. The highest BCUT2D eigenvalue weighted by molar-refractivity contribution is 5.40. The quantitative estimate of drug-likeness (QED) is 0.791. The molecular formula is C20H21F3N2O2. The first kappa shape index (κ1) is 20.7. The van der Waals surface area contributed by atoms with Crippen LogP contribution in [0.5, 0.6) is 5.75 Å². The van der Waals surface area contributed by atoms with Gasteiger partial charge < -0.3 is 9.84 Å². The predicted octanol–water partition coefficient (Wildman–Crippen LogP) is 4.01. The van der Waals surface area contributed by atoms with Crippen molar-refractivity contribution >= 4 is 0 Å². The van der Waals surface area contributed by atoms with Crippen LogP contribution in [0.4, 0.5) is 13.2 Å². The summed E-state index contributed by atoms with van der Waals surface area (Å²) in [6.07, 6.45) is -2.43. The normalized spacial score (nSPS) is 13.9. The molecule has 1 N–H and O–H groups in total. The van der Waals surface area contributed by atoms with Crippen LogP contribution < -0.4 is 4.74 Å². The Morgan fingerprint density at radius 2 is 1.96 bits per heavy atom. The highest BCUT2D eigenvalue weighted by atomic mass is 19.3. The zero-order valence-electron chi connectivity index (χ0n) is 15.3. The number of hydrogen-bond donors (Lipinski definition) is 1. The number of aromatic nitrogens is 1. The molecule has 0 fully saturated rings. The van der Waals surface area contributed by atoms with Gasteiger partial charge in [0.2, 0.25) is 0 Å². The maximum atomic E-state index is 13.8. The molecule has 1 aromatic carbocycles. The summed E-state index contributed by atoms with van der Waals surface area (Å²) < 4.78 is 46.6. The summed E-state index contributed by atoms with van der Waals surface area (Å²) in [7, 11) is 1.41. The Morgan fingerprint density at radius 3 is 2.56 bits per heavy atom. The van der Waals surface area contributed by atoms with E-state index < -0.39 is 23.3 Å². The van der Waals surface area contributed by atoms with Gasteiger partial charge in [0.05, 0.1) is 7.11 Å². The van der Waals surface area contributed by atoms with Gasteiger partial charge in [-0.3, -0.25) is 0 Å². The molecule has 0 aliphatic rings. The van der Waals surface area contributed by atoms with E-state index in [9.17, 15) is 18.3 Å². The molecule has 2 aromatic rings. The fourth-order valence-electron chi connectivity index (χ4n) is 3.29. The fourth-order valence-corrected chi connectivity index (χ4v) is 3.29. The average Bonchev–Trinajstić information content (AvgIpc) is 2.61. The lowest BCUT2D eigenvalue weighted by molar-refractivity contribution is -0.110. The van der Waals surface area contributed by atoms with Gasteiger partial charge in [0.15, 0.2) is 0 Å². The number of pyridine rings is 1. The smallest absolute Gasteiger partial charge is 0.267 e. The van der Waals surface area contributed by atoms with Gasteiger partial charge >= 0.3 is 0 Å². The zero-order valence-corrected chi connectivity index (χ0v) is 15.3. The summed E-state index contributed by atoms with van der Waals surface area (Å²) in [5.41, 5.74) is -2.56. The van der Waals surface area contributed by atoms with Crippen LogP contribution in [0.2, 0.25) is 0 Å². The maximum Gasteiger partial charge on any atom is 0.267 e. The summed E-state index contributed by atoms with van der Waals surface area (Å²) >= 11 is 0. The Kier molecular flexibility index (Phi) is 6.11. The van der Waals surface area contributed by atoms with Crippen molar-refractivity contribution < 1.29 is 23.0 Å². The highest BCUT2D eigenvalue weighted by Crippen LogP contribution is 2.41. The summed E-state index contributed by atoms with van der Waals surface area (Å²) in [5, 5.41) is 19.7. The van der Waals surface area contributed by atoms with Gasteiger partial charge in [-0.15, -0.1) is 0 Å². The van der Waals surface area contributed by atoms with Gasteiger partial charge in [0.25, 0.3) is 6.43 Å². The van der Waals surface area contributed by atoms with Crippen molar-refractivity contribution in [1.29, 1.82) is 5.26 Å². The van der Waals surface area contributed by atoms with E-state index in [4.69, 9.17) is 10.00 Å². The molecule has 0 radical (unpaired) electrons. The van der Waals surface area contributed by atoms with Gasteiger partial charge in [-0.25, -0.2) is 18.2 Å². The van der Waals surface area contributed by atoms with Gasteiger partial charge in [-0.05, 0) is 47.7 Å². The fraction of sp³-hybridized carbons (Fsp3) is 0.400. The second kappa shape index (κ2) is 7.97. The van der Waals surface area contributed by atoms with Crippen LogP contribution in [0.15, 0.2) is 36.5 Å². The molecule has 0 spiro atoms. The second-order valence-corrected chi connectivity index (χ2v) is 7.15. The van der Waals surface area contributed by atoms with E-state index in [1.165, 1.54) is 43.6 Å². The van der Waals surface area contributed by atoms with Crippen LogP contribution in [-0.4, -0.2) is 29.2 Å². The molecule has 1 heterocycles. The van der Waals surface area contributed by atoms with E-state index in [2.05, 4.69) is 4.98 Å². The van der Waals surface area contributed by atoms with Crippen LogP contribution >= 0.6 is 0 Å². The molecule has 0 aliphatic heterocycles. The third-order valence-electron chi connectivity index (χ3n) is 4.49. The SMILES string of the molecule is COc1ccc(F)cc1C(C)(C)CC(O)(Cc1ccnc(C#N)c1)C(F)F. The van der Waals surface area contributed by atoms with Crippen LogP contribution in [-0.2, 0) is 11.8 Å². The summed E-state index contributed by atoms with van der Waals surface area (Å²) in [4.78, 5) is 3.80. The van der Waals surface area contributed by atoms with Gasteiger partial charge in [0, 0.05) is 18.2 Å². The van der Waals surface area contributed by atoms with E-state index in [1.807, 2.05) is 6.07 Å². The lowest BCUT2D eigenvalue weighted by Gasteiger charge is -2.37. The summed E-state index contributed by atoms with van der Waals surface area (Å²) in [6.45, 7) is 3.29. The van der Waals surface area contributed by atoms with Crippen LogP contribution in [0.25, 0.3) is 0 Å². The average molecular weight is 378 g/mol. The molecule has 0 saturated carbocycles. The number of aliphatic hydroxyl groups is 1. The zero-order chi connectivity index (χ0) is 20.2. The van der Waals surface area contributed by atoms with Gasteiger partial charge in [-0.2, -0.15) is 5.26 Å². The molecule has 0 amide bonds. The van der Waals surface area contributed by atoms with E-state index in [0.29, 0.717) is 16.9 Å². The molecule has 0 saturated heterocycles. The Bertz CT molecular complexity index is 849. The Balaban J connectivity index is 2.39. The molecule has 1 unspecified atom stereocenters. The van der Waals surface area contributed by atoms with Crippen LogP contribution in [0.3, 0.4) is 0 Å². The monoisotopic (exact) mass is 378 g/mol. The molecule has 4 nitrogen and oxygen atoms in total. The van der Waals surface area contributed by atoms with Crippen LogP contribution in [0.1, 0.15) is 37.1 Å². The van der Waals surface area contributed by atoms with Gasteiger partial charge in [0.1, 0.15) is 28.9 Å². The number of ether oxygens (including phenoxy) is 1. The van der Waals surface area contributed by atoms with E-state index in [0.717, 1.165) is 0 Å². The minimum atomic E-state index is -3.05. The number of nitriles is 1. The molecule has 7 heteroatoms. The molecule has 1 aromatic heterocycles. The Labute approximate surface area is 156 Å². The number of rotatable bonds is 7. The lowest BCUT2D eigenvalue weighted by atomic mass is 9.73. The van der Waals surface area contributed by atoms with Crippen LogP contribution in [0, 0.1) is 17.1 Å². The van der Waals surface area contributed by atoms with Crippen molar-refractivity contribution in [3.8, 4) is 11.8 Å². The standard InChI is InChI=1S/C20H21F3N2O2/c1-19(2,16-9-14(21)4-5-17(16)27-3)12-20(26,18(22)23)10-13-6-7-25-15(8-13)11-24/h4-9,18,26H,10,12H2,1-3H3. The number of methoxy groups -OCH3 is 1.